The molecule has 0 fully saturated rings. The lowest BCUT2D eigenvalue weighted by Gasteiger charge is -2.08. The molecule has 0 bridgehead atoms. The molecule has 2 rings (SSSR count). The Morgan fingerprint density at radius 3 is 1.39 bits per heavy atom. The average molecular weight is 572 g/mol. The molecular weight excluding hydrogens is 542 g/mol. The summed E-state index contributed by atoms with van der Waals surface area (Å²) < 4.78 is 0. The topological polar surface area (TPSA) is 82.9 Å². The number of halogens is 4. The van der Waals surface area contributed by atoms with Crippen molar-refractivity contribution in [1.29, 1.82) is 0 Å². The fourth-order valence-electron chi connectivity index (χ4n) is 3.40. The molecule has 0 aliphatic heterocycles. The van der Waals surface area contributed by atoms with Gasteiger partial charge in [0.15, 0.2) is 0 Å². The molecule has 194 valence electrons. The predicted molar refractivity (Wildman–Crippen MR) is 151 cm³/mol. The smallest absolute Gasteiger partial charge is 0.240 e. The molecular formula is C26H30Cl4N4O2. The summed E-state index contributed by atoms with van der Waals surface area (Å²) in [6, 6.07) is 10.3. The number of hydrogen-bond donors (Lipinski definition) is 2. The lowest BCUT2D eigenvalue weighted by atomic mass is 10.1. The number of benzene rings is 2. The van der Waals surface area contributed by atoms with E-state index in [-0.39, 0.29) is 11.8 Å². The van der Waals surface area contributed by atoms with Crippen LogP contribution in [0.25, 0.3) is 0 Å². The lowest BCUT2D eigenvalue weighted by Crippen LogP contribution is -2.20. The molecule has 6 nitrogen and oxygen atoms in total. The highest BCUT2D eigenvalue weighted by Gasteiger charge is 2.10. The summed E-state index contributed by atoms with van der Waals surface area (Å²) in [6.45, 7) is 3.88. The van der Waals surface area contributed by atoms with Gasteiger partial charge in [0.2, 0.25) is 11.8 Å². The fourth-order valence-corrected chi connectivity index (χ4v) is 4.44. The van der Waals surface area contributed by atoms with Crippen LogP contribution < -0.4 is 10.9 Å². The Morgan fingerprint density at radius 1 is 0.667 bits per heavy atom. The Bertz CT molecular complexity index is 1030. The van der Waals surface area contributed by atoms with Gasteiger partial charge in [0.25, 0.3) is 0 Å². The van der Waals surface area contributed by atoms with Crippen molar-refractivity contribution in [3.63, 3.8) is 0 Å². The van der Waals surface area contributed by atoms with Crippen molar-refractivity contribution in [2.45, 2.75) is 65.2 Å². The number of rotatable bonds is 13. The zero-order valence-corrected chi connectivity index (χ0v) is 23.4. The van der Waals surface area contributed by atoms with Gasteiger partial charge in [0.1, 0.15) is 0 Å². The lowest BCUT2D eigenvalue weighted by molar-refractivity contribution is -0.122. The molecule has 0 saturated carbocycles. The Hall–Kier alpha value is -2.12. The zero-order chi connectivity index (χ0) is 26.5. The van der Waals surface area contributed by atoms with E-state index in [1.807, 2.05) is 13.8 Å². The van der Waals surface area contributed by atoms with Gasteiger partial charge in [-0.15, -0.1) is 0 Å². The molecule has 0 radical (unpaired) electrons. The standard InChI is InChI=1S/C26H30Cl4N4O2/c1-3-23(19-13-11-17(27)15-21(19)29)31-33-25(35)9-7-5-6-8-10-26(36)34-32-24(4-2)20-14-12-18(28)16-22(20)30/h11-16H,3-10H2,1-2H3,(H,33,35)(H,34,36)/b31-23+,32-24+. The molecule has 2 aromatic rings. The van der Waals surface area contributed by atoms with Gasteiger partial charge in [0, 0.05) is 34.0 Å². The Labute approximate surface area is 232 Å². The molecule has 36 heavy (non-hydrogen) atoms. The van der Waals surface area contributed by atoms with Crippen LogP contribution in [-0.2, 0) is 9.59 Å². The number of hydrazone groups is 2. The molecule has 0 aliphatic carbocycles. The van der Waals surface area contributed by atoms with Gasteiger partial charge < -0.3 is 0 Å². The Kier molecular flexibility index (Phi) is 13.3. The molecule has 0 heterocycles. The number of carbonyl (C=O) groups excluding carboxylic acids is 2. The van der Waals surface area contributed by atoms with E-state index in [0.717, 1.165) is 24.0 Å². The number of amides is 2. The first-order valence-corrected chi connectivity index (χ1v) is 13.4. The second-order valence-electron chi connectivity index (χ2n) is 8.06. The van der Waals surface area contributed by atoms with Crippen molar-refractivity contribution in [3.05, 3.63) is 67.6 Å². The van der Waals surface area contributed by atoms with Crippen molar-refractivity contribution in [2.24, 2.45) is 10.2 Å². The van der Waals surface area contributed by atoms with Crippen LogP contribution >= 0.6 is 46.4 Å². The Morgan fingerprint density at radius 2 is 1.06 bits per heavy atom. The molecule has 2 N–H and O–H groups in total. The number of nitrogens with one attached hydrogen (secondary N) is 2. The van der Waals surface area contributed by atoms with Crippen LogP contribution in [0.2, 0.25) is 20.1 Å². The highest BCUT2D eigenvalue weighted by atomic mass is 35.5. The van der Waals surface area contributed by atoms with Crippen molar-refractivity contribution in [3.8, 4) is 0 Å². The van der Waals surface area contributed by atoms with E-state index in [9.17, 15) is 9.59 Å². The van der Waals surface area contributed by atoms with Gasteiger partial charge >= 0.3 is 0 Å². The van der Waals surface area contributed by atoms with E-state index in [4.69, 9.17) is 46.4 Å². The quantitative estimate of drug-likeness (QED) is 0.146. The largest absolute Gasteiger partial charge is 0.273 e. The maximum atomic E-state index is 12.1. The second-order valence-corrected chi connectivity index (χ2v) is 9.74. The highest BCUT2D eigenvalue weighted by molar-refractivity contribution is 6.37. The van der Waals surface area contributed by atoms with Crippen molar-refractivity contribution < 1.29 is 9.59 Å². The van der Waals surface area contributed by atoms with Gasteiger partial charge in [-0.3, -0.25) is 9.59 Å². The van der Waals surface area contributed by atoms with Crippen LogP contribution in [0.5, 0.6) is 0 Å². The van der Waals surface area contributed by atoms with E-state index in [1.54, 1.807) is 36.4 Å². The van der Waals surface area contributed by atoms with Gasteiger partial charge in [-0.25, -0.2) is 10.9 Å². The van der Waals surface area contributed by atoms with Crippen molar-refractivity contribution >= 4 is 69.6 Å². The minimum Gasteiger partial charge on any atom is -0.273 e. The van der Waals surface area contributed by atoms with E-state index in [0.29, 0.717) is 70.0 Å². The third-order valence-electron chi connectivity index (χ3n) is 5.34. The SMILES string of the molecule is CC/C(=N\NC(=O)CCCCCCC(=O)N/N=C(\CC)c1ccc(Cl)cc1Cl)c1ccc(Cl)cc1Cl. The summed E-state index contributed by atoms with van der Waals surface area (Å²) >= 11 is 24.3. The minimum atomic E-state index is -0.161. The van der Waals surface area contributed by atoms with E-state index in [2.05, 4.69) is 21.1 Å². The fraction of sp³-hybridized carbons (Fsp3) is 0.385. The number of unbranched alkanes of at least 4 members (excludes halogenated alkanes) is 3. The molecule has 10 heteroatoms. The van der Waals surface area contributed by atoms with Crippen LogP contribution in [0.1, 0.15) is 76.3 Å². The van der Waals surface area contributed by atoms with E-state index < -0.39 is 0 Å². The maximum absolute atomic E-state index is 12.1. The minimum absolute atomic E-state index is 0.161. The predicted octanol–water partition coefficient (Wildman–Crippen LogP) is 7.80. The summed E-state index contributed by atoms with van der Waals surface area (Å²) in [7, 11) is 0. The van der Waals surface area contributed by atoms with Gasteiger partial charge in [-0.05, 0) is 49.9 Å². The third-order valence-corrected chi connectivity index (χ3v) is 6.44. The molecule has 0 aliphatic rings. The van der Waals surface area contributed by atoms with Crippen molar-refractivity contribution in [1.82, 2.24) is 10.9 Å². The van der Waals surface area contributed by atoms with Crippen LogP contribution in [0.3, 0.4) is 0 Å². The summed E-state index contributed by atoms with van der Waals surface area (Å²) in [5.41, 5.74) is 8.05. The monoisotopic (exact) mass is 570 g/mol. The van der Waals surface area contributed by atoms with Crippen molar-refractivity contribution in [2.75, 3.05) is 0 Å². The average Bonchev–Trinajstić information content (AvgIpc) is 2.84. The molecule has 0 atom stereocenters. The van der Waals surface area contributed by atoms with Gasteiger partial charge in [-0.1, -0.05) is 85.2 Å². The number of nitrogens with zero attached hydrogens (tertiary/aromatic N) is 2. The number of hydrogen-bond acceptors (Lipinski definition) is 4. The first kappa shape index (κ1) is 30.1. The summed E-state index contributed by atoms with van der Waals surface area (Å²) in [4.78, 5) is 24.3. The summed E-state index contributed by atoms with van der Waals surface area (Å²) in [5.74, 6) is -0.322. The normalized spacial score (nSPS) is 11.9. The van der Waals surface area contributed by atoms with E-state index >= 15 is 0 Å². The molecule has 2 amide bonds. The van der Waals surface area contributed by atoms with Gasteiger partial charge in [0.05, 0.1) is 21.5 Å². The second kappa shape index (κ2) is 15.9. The van der Waals surface area contributed by atoms with Gasteiger partial charge in [-0.2, -0.15) is 10.2 Å². The van der Waals surface area contributed by atoms with Crippen LogP contribution in [-0.4, -0.2) is 23.2 Å². The molecule has 2 aromatic carbocycles. The first-order valence-electron chi connectivity index (χ1n) is 11.9. The summed E-state index contributed by atoms with van der Waals surface area (Å²) in [5, 5.41) is 10.5. The molecule has 0 saturated heterocycles. The van der Waals surface area contributed by atoms with E-state index in [1.165, 1.54) is 0 Å². The highest BCUT2D eigenvalue weighted by Crippen LogP contribution is 2.23. The molecule has 0 spiro atoms. The Balaban J connectivity index is 1.68. The first-order chi connectivity index (χ1) is 17.2. The molecule has 0 aromatic heterocycles. The number of carbonyl (C=O) groups is 2. The van der Waals surface area contributed by atoms with Crippen LogP contribution in [0, 0.1) is 0 Å². The summed E-state index contributed by atoms with van der Waals surface area (Å²) in [6.07, 6.45) is 5.01. The maximum Gasteiger partial charge on any atom is 0.240 e. The molecule has 0 unspecified atom stereocenters. The van der Waals surface area contributed by atoms with Crippen LogP contribution in [0.4, 0.5) is 0 Å². The zero-order valence-electron chi connectivity index (χ0n) is 20.3. The third kappa shape index (κ3) is 10.1. The van der Waals surface area contributed by atoms with Crippen LogP contribution in [0.15, 0.2) is 46.6 Å².